The van der Waals surface area contributed by atoms with Crippen LogP contribution in [0.2, 0.25) is 0 Å². The maximum Gasteiger partial charge on any atom is 0.410 e. The van der Waals surface area contributed by atoms with Crippen molar-refractivity contribution < 1.29 is 13.9 Å². The molecule has 3 atom stereocenters. The lowest BCUT2D eigenvalue weighted by atomic mass is 10.1. The van der Waals surface area contributed by atoms with Crippen molar-refractivity contribution in [3.63, 3.8) is 0 Å². The summed E-state index contributed by atoms with van der Waals surface area (Å²) in [5.41, 5.74) is -0.495. The summed E-state index contributed by atoms with van der Waals surface area (Å²) >= 11 is 0. The molecule has 2 fully saturated rings. The van der Waals surface area contributed by atoms with E-state index in [9.17, 15) is 9.18 Å². The molecule has 2 aliphatic rings. The summed E-state index contributed by atoms with van der Waals surface area (Å²) in [6.45, 7) is 6.11. The second-order valence-corrected chi connectivity index (χ2v) is 5.41. The molecular weight excluding hydrogens is 197 g/mol. The molecule has 1 heterocycles. The van der Waals surface area contributed by atoms with E-state index in [0.29, 0.717) is 6.54 Å². The Kier molecular flexibility index (Phi) is 2.40. The van der Waals surface area contributed by atoms with Crippen LogP contribution < -0.4 is 0 Å². The van der Waals surface area contributed by atoms with Gasteiger partial charge in [0.1, 0.15) is 11.8 Å². The van der Waals surface area contributed by atoms with Crippen LogP contribution in [-0.2, 0) is 4.74 Å². The molecule has 0 aromatic carbocycles. The topological polar surface area (TPSA) is 29.5 Å². The lowest BCUT2D eigenvalue weighted by Crippen LogP contribution is -2.41. The fourth-order valence-corrected chi connectivity index (χ4v) is 2.23. The van der Waals surface area contributed by atoms with E-state index in [1.54, 1.807) is 4.90 Å². The van der Waals surface area contributed by atoms with E-state index < -0.39 is 11.8 Å². The number of likely N-dealkylation sites (tertiary alicyclic amines) is 1. The molecule has 0 aromatic rings. The lowest BCUT2D eigenvalue weighted by Gasteiger charge is -2.29. The normalized spacial score (nSPS) is 34.7. The van der Waals surface area contributed by atoms with Gasteiger partial charge >= 0.3 is 6.09 Å². The third-order valence-corrected chi connectivity index (χ3v) is 2.96. The Hall–Kier alpha value is -0.800. The number of amides is 1. The molecular formula is C11H18FNO2. The number of rotatable bonds is 0. The van der Waals surface area contributed by atoms with E-state index in [0.717, 1.165) is 12.8 Å². The van der Waals surface area contributed by atoms with Gasteiger partial charge in [-0.3, -0.25) is 0 Å². The third-order valence-electron chi connectivity index (χ3n) is 2.96. The number of hydrogen-bond donors (Lipinski definition) is 0. The predicted octanol–water partition coefficient (Wildman–Crippen LogP) is 2.35. The van der Waals surface area contributed by atoms with E-state index in [-0.39, 0.29) is 18.1 Å². The van der Waals surface area contributed by atoms with Gasteiger partial charge < -0.3 is 9.64 Å². The molecule has 0 bridgehead atoms. The number of hydrogen-bond acceptors (Lipinski definition) is 2. The highest BCUT2D eigenvalue weighted by Gasteiger charge is 2.58. The molecule has 4 heteroatoms. The van der Waals surface area contributed by atoms with Crippen molar-refractivity contribution in [2.24, 2.45) is 5.92 Å². The minimum absolute atomic E-state index is 0.0752. The largest absolute Gasteiger partial charge is 0.444 e. The first-order chi connectivity index (χ1) is 6.90. The van der Waals surface area contributed by atoms with Gasteiger partial charge in [-0.05, 0) is 33.6 Å². The second kappa shape index (κ2) is 3.35. The zero-order chi connectivity index (χ0) is 11.2. The zero-order valence-electron chi connectivity index (χ0n) is 9.50. The van der Waals surface area contributed by atoms with Crippen LogP contribution in [0.4, 0.5) is 9.18 Å². The molecule has 2 rings (SSSR count). The van der Waals surface area contributed by atoms with Gasteiger partial charge in [-0.25, -0.2) is 9.18 Å². The first kappa shape index (κ1) is 10.7. The molecule has 0 radical (unpaired) electrons. The predicted molar refractivity (Wildman–Crippen MR) is 54.3 cm³/mol. The molecule has 1 amide bonds. The monoisotopic (exact) mass is 215 g/mol. The van der Waals surface area contributed by atoms with Crippen molar-refractivity contribution in [1.82, 2.24) is 4.90 Å². The summed E-state index contributed by atoms with van der Waals surface area (Å²) < 4.78 is 18.5. The fourth-order valence-electron chi connectivity index (χ4n) is 2.23. The number of piperidine rings is 1. The number of ether oxygens (including phenoxy) is 1. The van der Waals surface area contributed by atoms with Crippen molar-refractivity contribution in [3.8, 4) is 0 Å². The van der Waals surface area contributed by atoms with Crippen molar-refractivity contribution in [1.29, 1.82) is 0 Å². The number of carbonyl (C=O) groups is 1. The van der Waals surface area contributed by atoms with Gasteiger partial charge in [0.2, 0.25) is 0 Å². The Balaban J connectivity index is 1.96. The van der Waals surface area contributed by atoms with Crippen LogP contribution in [0.25, 0.3) is 0 Å². The van der Waals surface area contributed by atoms with Crippen LogP contribution in [0.1, 0.15) is 33.6 Å². The van der Waals surface area contributed by atoms with Crippen LogP contribution in [0, 0.1) is 5.92 Å². The maximum absolute atomic E-state index is 13.3. The first-order valence-electron chi connectivity index (χ1n) is 5.54. The third kappa shape index (κ3) is 2.08. The molecule has 1 aliphatic carbocycles. The van der Waals surface area contributed by atoms with Crippen molar-refractivity contribution >= 4 is 6.09 Å². The van der Waals surface area contributed by atoms with Crippen LogP contribution in [-0.4, -0.2) is 35.4 Å². The highest BCUT2D eigenvalue weighted by atomic mass is 19.1. The average Bonchev–Trinajstić information content (AvgIpc) is 2.75. The Morgan fingerprint density at radius 1 is 1.47 bits per heavy atom. The number of carbonyl (C=O) groups excluding carboxylic acids is 1. The highest BCUT2D eigenvalue weighted by Crippen LogP contribution is 2.46. The number of alkyl halides is 1. The first-order valence-corrected chi connectivity index (χ1v) is 5.54. The van der Waals surface area contributed by atoms with Crippen LogP contribution >= 0.6 is 0 Å². The Morgan fingerprint density at radius 3 is 2.73 bits per heavy atom. The molecule has 86 valence electrons. The summed E-state index contributed by atoms with van der Waals surface area (Å²) in [6, 6.07) is -0.200. The van der Waals surface area contributed by atoms with E-state index in [2.05, 4.69) is 0 Å². The highest BCUT2D eigenvalue weighted by molar-refractivity contribution is 5.69. The summed E-state index contributed by atoms with van der Waals surface area (Å²) in [6.07, 6.45) is 0.615. The molecule has 15 heavy (non-hydrogen) atoms. The van der Waals surface area contributed by atoms with Gasteiger partial charge in [0.05, 0.1) is 6.04 Å². The molecule has 1 saturated carbocycles. The van der Waals surface area contributed by atoms with Gasteiger partial charge in [0, 0.05) is 12.5 Å². The van der Waals surface area contributed by atoms with Gasteiger partial charge in [0.15, 0.2) is 0 Å². The smallest absolute Gasteiger partial charge is 0.410 e. The summed E-state index contributed by atoms with van der Waals surface area (Å²) in [5.74, 6) is 0.0752. The number of halogens is 1. The lowest BCUT2D eigenvalue weighted by molar-refractivity contribution is 0.0185. The van der Waals surface area contributed by atoms with Crippen molar-refractivity contribution in [3.05, 3.63) is 0 Å². The number of fused-ring (bicyclic) bond motifs is 1. The molecule has 3 unspecified atom stereocenters. The van der Waals surface area contributed by atoms with E-state index in [1.165, 1.54) is 0 Å². The second-order valence-electron chi connectivity index (χ2n) is 5.41. The Morgan fingerprint density at radius 2 is 2.13 bits per heavy atom. The standard InChI is InChI=1S/C11H18FNO2/c1-11(2,3)15-10(14)13-6-4-5-7-8(12)9(7)13/h7-9H,4-6H2,1-3H3. The molecule has 1 saturated heterocycles. The SMILES string of the molecule is CC(C)(C)OC(=O)N1CCCC2C(F)C21. The van der Waals surface area contributed by atoms with Crippen LogP contribution in [0.3, 0.4) is 0 Å². The zero-order valence-corrected chi connectivity index (χ0v) is 9.50. The molecule has 0 N–H and O–H groups in total. The molecule has 0 spiro atoms. The molecule has 1 aliphatic heterocycles. The molecule has 3 nitrogen and oxygen atoms in total. The summed E-state index contributed by atoms with van der Waals surface area (Å²) in [5, 5.41) is 0. The van der Waals surface area contributed by atoms with Gasteiger partial charge in [0.25, 0.3) is 0 Å². The summed E-state index contributed by atoms with van der Waals surface area (Å²) in [7, 11) is 0. The Labute approximate surface area is 89.6 Å². The number of nitrogens with zero attached hydrogens (tertiary/aromatic N) is 1. The van der Waals surface area contributed by atoms with Gasteiger partial charge in [-0.2, -0.15) is 0 Å². The van der Waals surface area contributed by atoms with Crippen LogP contribution in [0.15, 0.2) is 0 Å². The summed E-state index contributed by atoms with van der Waals surface area (Å²) in [4.78, 5) is 13.3. The van der Waals surface area contributed by atoms with Gasteiger partial charge in [-0.1, -0.05) is 0 Å². The van der Waals surface area contributed by atoms with E-state index in [1.807, 2.05) is 20.8 Å². The minimum atomic E-state index is -0.819. The van der Waals surface area contributed by atoms with Gasteiger partial charge in [-0.15, -0.1) is 0 Å². The van der Waals surface area contributed by atoms with Crippen molar-refractivity contribution in [2.45, 2.75) is 51.4 Å². The van der Waals surface area contributed by atoms with E-state index >= 15 is 0 Å². The molecule has 0 aromatic heterocycles. The van der Waals surface area contributed by atoms with Crippen molar-refractivity contribution in [2.75, 3.05) is 6.54 Å². The van der Waals surface area contributed by atoms with Crippen LogP contribution in [0.5, 0.6) is 0 Å². The fraction of sp³-hybridized carbons (Fsp3) is 0.909. The maximum atomic E-state index is 13.3. The quantitative estimate of drug-likeness (QED) is 0.620. The minimum Gasteiger partial charge on any atom is -0.444 e. The van der Waals surface area contributed by atoms with E-state index in [4.69, 9.17) is 4.74 Å². The average molecular weight is 215 g/mol. The Bertz CT molecular complexity index is 274.